The Hall–Kier alpha value is -3.45. The van der Waals surface area contributed by atoms with E-state index in [2.05, 4.69) is 0 Å². The van der Waals surface area contributed by atoms with Crippen LogP contribution in [0.2, 0.25) is 0 Å². The monoisotopic (exact) mass is 536 g/mol. The van der Waals surface area contributed by atoms with Crippen LogP contribution in [0.4, 0.5) is 14.9 Å². The summed E-state index contributed by atoms with van der Waals surface area (Å²) in [6, 6.07) is 10.1. The first kappa shape index (κ1) is 26.2. The van der Waals surface area contributed by atoms with Gasteiger partial charge in [0.25, 0.3) is 10.0 Å². The fraction of sp³-hybridized carbons (Fsp3) is 0.227. The highest BCUT2D eigenvalue weighted by atomic mass is 35.5. The molecule has 13 heteroatoms. The number of sulfonamides is 1. The number of amides is 2. The lowest BCUT2D eigenvalue weighted by Gasteiger charge is -2.41. The molecule has 2 amide bonds. The summed E-state index contributed by atoms with van der Waals surface area (Å²) in [6.45, 7) is 0.541. The first-order valence-corrected chi connectivity index (χ1v) is 13.9. The van der Waals surface area contributed by atoms with Gasteiger partial charge in [-0.1, -0.05) is 18.2 Å². The maximum atomic E-state index is 13.6. The Morgan fingerprint density at radius 3 is 2.31 bits per heavy atom. The molecule has 0 fully saturated rings. The topological polar surface area (TPSA) is 139 Å². The van der Waals surface area contributed by atoms with Crippen LogP contribution < -0.4 is 4.90 Å². The van der Waals surface area contributed by atoms with E-state index in [4.69, 9.17) is 11.6 Å². The zero-order valence-corrected chi connectivity index (χ0v) is 20.8. The van der Waals surface area contributed by atoms with Crippen LogP contribution in [0.15, 0.2) is 58.6 Å². The molecule has 0 bridgehead atoms. The average Bonchev–Trinajstić information content (AvgIpc) is 2.82. The number of nitriles is 2. The molecule has 0 aliphatic carbocycles. The number of alkyl halides is 2. The zero-order chi connectivity index (χ0) is 26.1. The van der Waals surface area contributed by atoms with Gasteiger partial charge in [0.15, 0.2) is 9.84 Å². The van der Waals surface area contributed by atoms with Crippen LogP contribution in [-0.2, 0) is 26.5 Å². The highest BCUT2D eigenvalue weighted by Crippen LogP contribution is 2.43. The number of carbonyl (C=O) groups is 1. The smallest absolute Gasteiger partial charge is 0.265 e. The third-order valence-electron chi connectivity index (χ3n) is 5.33. The van der Waals surface area contributed by atoms with Crippen molar-refractivity contribution in [3.05, 3.63) is 70.4 Å². The summed E-state index contributed by atoms with van der Waals surface area (Å²) in [5.41, 5.74) is -0.135. The number of allylic oxidation sites excluding steroid dienone is 1. The molecule has 0 spiro atoms. The van der Waals surface area contributed by atoms with E-state index in [9.17, 15) is 36.5 Å². The van der Waals surface area contributed by atoms with E-state index >= 15 is 0 Å². The van der Waals surface area contributed by atoms with Gasteiger partial charge in [-0.25, -0.2) is 30.3 Å². The van der Waals surface area contributed by atoms with Gasteiger partial charge in [0.05, 0.1) is 33.9 Å². The Labute approximate surface area is 207 Å². The minimum atomic E-state index is -4.58. The van der Waals surface area contributed by atoms with Gasteiger partial charge in [0.1, 0.15) is 17.9 Å². The molecule has 35 heavy (non-hydrogen) atoms. The van der Waals surface area contributed by atoms with Crippen molar-refractivity contribution < 1.29 is 26.0 Å². The van der Waals surface area contributed by atoms with Gasteiger partial charge in [-0.2, -0.15) is 10.5 Å². The number of hydrogen-bond acceptors (Lipinski definition) is 7. The van der Waals surface area contributed by atoms with E-state index in [0.717, 1.165) is 17.2 Å². The van der Waals surface area contributed by atoms with Gasteiger partial charge in [0, 0.05) is 12.0 Å². The fourth-order valence-electron chi connectivity index (χ4n) is 3.78. The second-order valence-electron chi connectivity index (χ2n) is 7.59. The number of rotatable bonds is 6. The molecule has 0 saturated carbocycles. The molecule has 3 rings (SSSR count). The molecule has 0 radical (unpaired) electrons. The lowest BCUT2D eigenvalue weighted by Crippen LogP contribution is -2.52. The van der Waals surface area contributed by atoms with E-state index in [1.165, 1.54) is 43.3 Å². The molecule has 182 valence electrons. The van der Waals surface area contributed by atoms with Crippen molar-refractivity contribution in [1.29, 1.82) is 10.5 Å². The minimum absolute atomic E-state index is 0.0170. The number of sulfone groups is 1. The maximum Gasteiger partial charge on any atom is 0.343 e. The average molecular weight is 537 g/mol. The van der Waals surface area contributed by atoms with E-state index in [1.807, 2.05) is 6.07 Å². The quantitative estimate of drug-likeness (QED) is 0.512. The molecule has 0 unspecified atom stereocenters. The molecule has 2 aromatic rings. The van der Waals surface area contributed by atoms with Gasteiger partial charge in [-0.15, -0.1) is 11.6 Å². The maximum absolute atomic E-state index is 13.6. The Morgan fingerprint density at radius 2 is 1.77 bits per heavy atom. The molecule has 0 aromatic heterocycles. The number of nitrogens with zero attached hydrogens (tertiary/aromatic N) is 4. The van der Waals surface area contributed by atoms with E-state index < -0.39 is 48.7 Å². The van der Waals surface area contributed by atoms with Crippen molar-refractivity contribution in [1.82, 2.24) is 4.31 Å². The van der Waals surface area contributed by atoms with Crippen LogP contribution in [0.1, 0.15) is 29.7 Å². The summed E-state index contributed by atoms with van der Waals surface area (Å²) >= 11 is 5.68. The number of urea groups is 1. The molecule has 1 atom stereocenters. The molecule has 0 N–H and O–H groups in total. The summed E-state index contributed by atoms with van der Waals surface area (Å²) in [5.74, 6) is 0. The standard InChI is InChI=1S/C22H18ClFN4O5S2/c1-14-19(12-26)21(18-7-6-16(11-25)9-20(18)34(2,30)31)28(35(32,33)13-23)22(29)27(14)17-5-3-4-15(8-17)10-24/h3-9,21H,10,13H2,1-2H3/t21-/m1/s1. The summed E-state index contributed by atoms with van der Waals surface area (Å²) < 4.78 is 64.9. The van der Waals surface area contributed by atoms with Crippen LogP contribution in [0.25, 0.3) is 0 Å². The first-order chi connectivity index (χ1) is 16.4. The SMILES string of the molecule is CC1=C(C#N)[C@@H](c2ccc(C#N)cc2S(C)(=O)=O)N(S(=O)(=O)CCl)C(=O)N1c1cccc(CF)c1. The second-order valence-corrected chi connectivity index (χ2v) is 12.0. The number of benzene rings is 2. The van der Waals surface area contributed by atoms with Gasteiger partial charge >= 0.3 is 6.03 Å². The Morgan fingerprint density at radius 1 is 1.09 bits per heavy atom. The summed E-state index contributed by atoms with van der Waals surface area (Å²) in [7, 11) is -8.62. The highest BCUT2D eigenvalue weighted by Gasteiger charge is 2.47. The van der Waals surface area contributed by atoms with Crippen LogP contribution in [0.3, 0.4) is 0 Å². The van der Waals surface area contributed by atoms with Gasteiger partial charge in [-0.05, 0) is 42.3 Å². The van der Waals surface area contributed by atoms with Crippen LogP contribution in [0.5, 0.6) is 0 Å². The van der Waals surface area contributed by atoms with Crippen molar-refractivity contribution >= 4 is 43.2 Å². The number of anilines is 1. The van der Waals surface area contributed by atoms with E-state index in [0.29, 0.717) is 4.31 Å². The van der Waals surface area contributed by atoms with Crippen LogP contribution in [-0.4, -0.2) is 38.6 Å². The second kappa shape index (κ2) is 9.66. The van der Waals surface area contributed by atoms with Crippen molar-refractivity contribution in [2.24, 2.45) is 0 Å². The number of hydrogen-bond donors (Lipinski definition) is 0. The fourth-order valence-corrected chi connectivity index (χ4v) is 6.01. The molecular formula is C22H18ClFN4O5S2. The Kier molecular flexibility index (Phi) is 7.22. The predicted octanol–water partition coefficient (Wildman–Crippen LogP) is 3.74. The van der Waals surface area contributed by atoms with Crippen molar-refractivity contribution in [3.63, 3.8) is 0 Å². The van der Waals surface area contributed by atoms with Crippen molar-refractivity contribution in [2.45, 2.75) is 24.5 Å². The minimum Gasteiger partial charge on any atom is -0.265 e. The third-order valence-corrected chi connectivity index (χ3v) is 8.55. The lowest BCUT2D eigenvalue weighted by atomic mass is 9.94. The first-order valence-electron chi connectivity index (χ1n) is 9.83. The van der Waals surface area contributed by atoms with Crippen molar-refractivity contribution in [3.8, 4) is 12.1 Å². The molecule has 1 aliphatic heterocycles. The number of carbonyl (C=O) groups excluding carboxylic acids is 1. The lowest BCUT2D eigenvalue weighted by molar-refractivity contribution is 0.221. The Balaban J connectivity index is 2.43. The van der Waals surface area contributed by atoms with E-state index in [1.54, 1.807) is 6.07 Å². The van der Waals surface area contributed by atoms with Gasteiger partial charge in [0.2, 0.25) is 0 Å². The Bertz CT molecular complexity index is 1540. The van der Waals surface area contributed by atoms with Gasteiger partial charge in [-0.3, -0.25) is 4.90 Å². The molecule has 1 heterocycles. The summed E-state index contributed by atoms with van der Waals surface area (Å²) in [4.78, 5) is 14.2. The molecule has 9 nitrogen and oxygen atoms in total. The molecule has 0 saturated heterocycles. The zero-order valence-electron chi connectivity index (χ0n) is 18.4. The van der Waals surface area contributed by atoms with Crippen molar-refractivity contribution in [2.75, 3.05) is 16.4 Å². The molecule has 2 aromatic carbocycles. The van der Waals surface area contributed by atoms with Crippen LogP contribution in [0, 0.1) is 22.7 Å². The summed E-state index contributed by atoms with van der Waals surface area (Å²) in [5, 5.41) is 18.2. The largest absolute Gasteiger partial charge is 0.343 e. The molecule has 1 aliphatic rings. The van der Waals surface area contributed by atoms with Crippen LogP contribution >= 0.6 is 11.6 Å². The normalized spacial score (nSPS) is 16.7. The predicted molar refractivity (Wildman–Crippen MR) is 126 cm³/mol. The third kappa shape index (κ3) is 4.73. The van der Waals surface area contributed by atoms with E-state index in [-0.39, 0.29) is 33.6 Å². The number of halogens is 2. The summed E-state index contributed by atoms with van der Waals surface area (Å²) in [6.07, 6.45) is 0.857. The highest BCUT2D eigenvalue weighted by molar-refractivity contribution is 7.91. The van der Waals surface area contributed by atoms with Gasteiger partial charge < -0.3 is 0 Å². The molecular weight excluding hydrogens is 519 g/mol.